The van der Waals surface area contributed by atoms with Crippen molar-refractivity contribution in [3.8, 4) is 0 Å². The molecule has 0 aliphatic heterocycles. The van der Waals surface area contributed by atoms with Crippen molar-refractivity contribution >= 4 is 17.6 Å². The van der Waals surface area contributed by atoms with Gasteiger partial charge in [-0.15, -0.1) is 0 Å². The first-order chi connectivity index (χ1) is 12.0. The highest BCUT2D eigenvalue weighted by molar-refractivity contribution is 5.83. The van der Waals surface area contributed by atoms with Crippen molar-refractivity contribution in [2.45, 2.75) is 13.0 Å². The van der Waals surface area contributed by atoms with Crippen LogP contribution in [0.25, 0.3) is 0 Å². The number of carbonyl (C=O) groups excluding carboxylic acids is 2. The lowest BCUT2D eigenvalue weighted by Crippen LogP contribution is -2.42. The Bertz CT molecular complexity index is 686. The molecule has 0 atom stereocenters. The number of benzene rings is 2. The summed E-state index contributed by atoms with van der Waals surface area (Å²) in [6.45, 7) is 0.959. The van der Waals surface area contributed by atoms with Crippen LogP contribution >= 0.6 is 0 Å². The summed E-state index contributed by atoms with van der Waals surface area (Å²) in [5.41, 5.74) is 8.41. The molecule has 2 rings (SSSR count). The minimum absolute atomic E-state index is 0.0289. The minimum atomic E-state index is -0.373. The Morgan fingerprint density at radius 3 is 2.32 bits per heavy atom. The van der Waals surface area contributed by atoms with E-state index in [1.54, 1.807) is 24.1 Å². The van der Waals surface area contributed by atoms with Crippen LogP contribution in [0.2, 0.25) is 0 Å². The van der Waals surface area contributed by atoms with Crippen molar-refractivity contribution in [2.24, 2.45) is 0 Å². The summed E-state index contributed by atoms with van der Waals surface area (Å²) in [4.78, 5) is 25.4. The molecule has 6 heteroatoms. The van der Waals surface area contributed by atoms with E-state index in [1.807, 2.05) is 42.5 Å². The van der Waals surface area contributed by atoms with E-state index in [2.05, 4.69) is 10.6 Å². The van der Waals surface area contributed by atoms with Crippen LogP contribution in [0.15, 0.2) is 54.6 Å². The second-order valence-corrected chi connectivity index (χ2v) is 5.83. The summed E-state index contributed by atoms with van der Waals surface area (Å²) in [7, 11) is 1.74. The summed E-state index contributed by atoms with van der Waals surface area (Å²) in [6, 6.07) is 16.8. The summed E-state index contributed by atoms with van der Waals surface area (Å²) < 4.78 is 0. The van der Waals surface area contributed by atoms with Crippen molar-refractivity contribution in [3.63, 3.8) is 0 Å². The molecule has 132 valence electrons. The van der Waals surface area contributed by atoms with Gasteiger partial charge < -0.3 is 21.3 Å². The number of anilines is 1. The van der Waals surface area contributed by atoms with E-state index >= 15 is 0 Å². The predicted octanol–water partition coefficient (Wildman–Crippen LogP) is 1.77. The third kappa shape index (κ3) is 6.55. The lowest BCUT2D eigenvalue weighted by Gasteiger charge is -2.17. The number of likely N-dealkylation sites (N-methyl/N-ethyl adjacent to an activating group) is 1. The molecule has 0 fully saturated rings. The van der Waals surface area contributed by atoms with Crippen LogP contribution in [-0.2, 0) is 17.8 Å². The van der Waals surface area contributed by atoms with Gasteiger partial charge in [0.25, 0.3) is 0 Å². The molecule has 0 saturated carbocycles. The average Bonchev–Trinajstić information content (AvgIpc) is 2.64. The zero-order valence-electron chi connectivity index (χ0n) is 14.4. The number of nitrogens with one attached hydrogen (secondary N) is 2. The Labute approximate surface area is 148 Å². The number of amides is 3. The van der Waals surface area contributed by atoms with Gasteiger partial charge in [0.2, 0.25) is 5.91 Å². The fourth-order valence-corrected chi connectivity index (χ4v) is 2.24. The molecule has 25 heavy (non-hydrogen) atoms. The molecule has 0 aromatic heterocycles. The van der Waals surface area contributed by atoms with Gasteiger partial charge in [0.1, 0.15) is 0 Å². The summed E-state index contributed by atoms with van der Waals surface area (Å²) in [5.74, 6) is -0.126. The second-order valence-electron chi connectivity index (χ2n) is 5.83. The molecular weight excluding hydrogens is 316 g/mol. The minimum Gasteiger partial charge on any atom is -0.399 e. The highest BCUT2D eigenvalue weighted by Crippen LogP contribution is 2.04. The molecule has 0 spiro atoms. The lowest BCUT2D eigenvalue weighted by molar-refractivity contribution is -0.128. The van der Waals surface area contributed by atoms with E-state index in [1.165, 1.54) is 5.56 Å². The monoisotopic (exact) mass is 340 g/mol. The van der Waals surface area contributed by atoms with Crippen LogP contribution in [0.4, 0.5) is 10.5 Å². The van der Waals surface area contributed by atoms with Gasteiger partial charge in [0.05, 0.1) is 6.54 Å². The molecule has 0 unspecified atom stereocenters. The zero-order chi connectivity index (χ0) is 18.1. The molecule has 0 heterocycles. The van der Waals surface area contributed by atoms with Crippen LogP contribution in [0.1, 0.15) is 11.1 Å². The Morgan fingerprint density at radius 1 is 0.960 bits per heavy atom. The van der Waals surface area contributed by atoms with E-state index in [0.29, 0.717) is 18.8 Å². The molecular formula is C19H24N4O2. The summed E-state index contributed by atoms with van der Waals surface area (Å²) in [6.07, 6.45) is 0.784. The number of rotatable bonds is 7. The Morgan fingerprint density at radius 2 is 1.64 bits per heavy atom. The van der Waals surface area contributed by atoms with Crippen LogP contribution in [0.5, 0.6) is 0 Å². The maximum atomic E-state index is 12.0. The van der Waals surface area contributed by atoms with Crippen molar-refractivity contribution in [1.82, 2.24) is 15.5 Å². The molecule has 0 aliphatic rings. The van der Waals surface area contributed by atoms with Crippen LogP contribution in [-0.4, -0.2) is 37.0 Å². The summed E-state index contributed by atoms with van der Waals surface area (Å²) in [5, 5.41) is 5.29. The van der Waals surface area contributed by atoms with Crippen LogP contribution in [0.3, 0.4) is 0 Å². The van der Waals surface area contributed by atoms with Crippen molar-refractivity contribution in [3.05, 3.63) is 65.7 Å². The van der Waals surface area contributed by atoms with Crippen LogP contribution in [0, 0.1) is 0 Å². The van der Waals surface area contributed by atoms with Gasteiger partial charge in [-0.1, -0.05) is 42.5 Å². The van der Waals surface area contributed by atoms with E-state index in [-0.39, 0.29) is 18.5 Å². The van der Waals surface area contributed by atoms with Gasteiger partial charge in [-0.3, -0.25) is 4.79 Å². The standard InChI is InChI=1S/C19H24N4O2/c1-23(12-11-15-5-3-2-4-6-15)18(24)14-22-19(25)21-13-16-7-9-17(20)10-8-16/h2-10H,11-14,20H2,1H3,(H2,21,22,25). The van der Waals surface area contributed by atoms with E-state index < -0.39 is 0 Å². The van der Waals surface area contributed by atoms with E-state index in [9.17, 15) is 9.59 Å². The number of nitrogen functional groups attached to an aromatic ring is 1. The molecule has 4 N–H and O–H groups in total. The van der Waals surface area contributed by atoms with E-state index in [0.717, 1.165) is 12.0 Å². The smallest absolute Gasteiger partial charge is 0.315 e. The van der Waals surface area contributed by atoms with Gasteiger partial charge in [0, 0.05) is 25.8 Å². The molecule has 0 saturated heterocycles. The number of urea groups is 1. The molecule has 2 aromatic carbocycles. The second kappa shape index (κ2) is 9.32. The SMILES string of the molecule is CN(CCc1ccccc1)C(=O)CNC(=O)NCc1ccc(N)cc1. The number of hydrogen-bond acceptors (Lipinski definition) is 3. The highest BCUT2D eigenvalue weighted by atomic mass is 16.2. The topological polar surface area (TPSA) is 87.5 Å². The van der Waals surface area contributed by atoms with Crippen molar-refractivity contribution in [2.75, 3.05) is 25.9 Å². The fraction of sp³-hybridized carbons (Fsp3) is 0.263. The van der Waals surface area contributed by atoms with E-state index in [4.69, 9.17) is 5.73 Å². The van der Waals surface area contributed by atoms with Crippen molar-refractivity contribution in [1.29, 1.82) is 0 Å². The van der Waals surface area contributed by atoms with Gasteiger partial charge in [-0.05, 0) is 29.7 Å². The fourth-order valence-electron chi connectivity index (χ4n) is 2.24. The first-order valence-corrected chi connectivity index (χ1v) is 8.18. The zero-order valence-corrected chi connectivity index (χ0v) is 14.4. The van der Waals surface area contributed by atoms with Gasteiger partial charge >= 0.3 is 6.03 Å². The summed E-state index contributed by atoms with van der Waals surface area (Å²) >= 11 is 0. The molecule has 0 aliphatic carbocycles. The Hall–Kier alpha value is -3.02. The maximum Gasteiger partial charge on any atom is 0.315 e. The van der Waals surface area contributed by atoms with Crippen LogP contribution < -0.4 is 16.4 Å². The Balaban J connectivity index is 1.66. The first kappa shape index (κ1) is 18.3. The number of hydrogen-bond donors (Lipinski definition) is 3. The molecule has 0 radical (unpaired) electrons. The Kier molecular flexibility index (Phi) is 6.83. The molecule has 2 aromatic rings. The molecule has 6 nitrogen and oxygen atoms in total. The van der Waals surface area contributed by atoms with Gasteiger partial charge in [0.15, 0.2) is 0 Å². The largest absolute Gasteiger partial charge is 0.399 e. The predicted molar refractivity (Wildman–Crippen MR) is 98.9 cm³/mol. The quantitative estimate of drug-likeness (QED) is 0.671. The third-order valence-corrected chi connectivity index (χ3v) is 3.84. The third-order valence-electron chi connectivity index (χ3n) is 3.84. The molecule has 3 amide bonds. The van der Waals surface area contributed by atoms with Gasteiger partial charge in [-0.2, -0.15) is 0 Å². The van der Waals surface area contributed by atoms with Gasteiger partial charge in [-0.25, -0.2) is 4.79 Å². The lowest BCUT2D eigenvalue weighted by atomic mass is 10.1. The maximum absolute atomic E-state index is 12.0. The number of carbonyl (C=O) groups is 2. The average molecular weight is 340 g/mol. The number of nitrogens with zero attached hydrogens (tertiary/aromatic N) is 1. The van der Waals surface area contributed by atoms with Crippen molar-refractivity contribution < 1.29 is 9.59 Å². The normalized spacial score (nSPS) is 10.1. The first-order valence-electron chi connectivity index (χ1n) is 8.18. The molecule has 0 bridgehead atoms. The number of nitrogens with two attached hydrogens (primary N) is 1. The highest BCUT2D eigenvalue weighted by Gasteiger charge is 2.10.